The zero-order valence-electron chi connectivity index (χ0n) is 23.2. The fourth-order valence-electron chi connectivity index (χ4n) is 4.80. The third-order valence-electron chi connectivity index (χ3n) is 7.12. The maximum atomic E-state index is 13.7. The number of carbonyl (C=O) groups is 3. The van der Waals surface area contributed by atoms with Gasteiger partial charge in [-0.15, -0.1) is 11.3 Å². The molecule has 37 heavy (non-hydrogen) atoms. The van der Waals surface area contributed by atoms with Crippen molar-refractivity contribution < 1.29 is 19.5 Å². The van der Waals surface area contributed by atoms with Crippen LogP contribution >= 0.6 is 11.3 Å². The van der Waals surface area contributed by atoms with Crippen molar-refractivity contribution in [1.82, 2.24) is 15.6 Å². The highest BCUT2D eigenvalue weighted by Crippen LogP contribution is 2.37. The lowest BCUT2D eigenvalue weighted by Gasteiger charge is -2.35. The number of benzene rings is 1. The molecule has 2 aromatic rings. The van der Waals surface area contributed by atoms with Gasteiger partial charge < -0.3 is 15.7 Å². The standard InChI is InChI=1S/C29H41N3O4S/c1-16(18-9-11-19(12-10-18)24-17(2)30-15-37-24)31-26(35)22-14-20(33)13-21(22)23(34)25(28(3,4)5)32-27(36)29(6,7)8/h9-12,15-16,20-22,25,33H,13-14H2,1-8H3,(H,31,35)(H,32,36)/t16-,20-,21?,22+,25+/m0/s1. The topological polar surface area (TPSA) is 108 Å². The molecule has 1 fully saturated rings. The zero-order valence-corrected chi connectivity index (χ0v) is 24.0. The molecule has 3 N–H and O–H groups in total. The van der Waals surface area contributed by atoms with Gasteiger partial charge >= 0.3 is 0 Å². The summed E-state index contributed by atoms with van der Waals surface area (Å²) in [5, 5.41) is 16.4. The van der Waals surface area contributed by atoms with Gasteiger partial charge in [0.15, 0.2) is 5.78 Å². The molecule has 2 amide bonds. The van der Waals surface area contributed by atoms with Gasteiger partial charge in [0.1, 0.15) is 0 Å². The molecule has 1 saturated carbocycles. The Morgan fingerprint density at radius 3 is 2.11 bits per heavy atom. The first-order valence-electron chi connectivity index (χ1n) is 12.9. The second-order valence-corrected chi connectivity index (χ2v) is 13.2. The summed E-state index contributed by atoms with van der Waals surface area (Å²) in [7, 11) is 0. The van der Waals surface area contributed by atoms with Gasteiger partial charge in [0.05, 0.1) is 40.2 Å². The SMILES string of the molecule is Cc1ncsc1-c1ccc([C@H](C)NC(=O)[C@@H]2C[C@@H](O)CC2C(=O)[C@@H](NC(=O)C(C)(C)C)C(C)(C)C)cc1. The summed E-state index contributed by atoms with van der Waals surface area (Å²) in [4.78, 5) is 45.3. The largest absolute Gasteiger partial charge is 0.393 e. The predicted octanol–water partition coefficient (Wildman–Crippen LogP) is 4.83. The Hall–Kier alpha value is -2.58. The molecule has 0 spiro atoms. The molecule has 1 aromatic heterocycles. The van der Waals surface area contributed by atoms with Crippen LogP contribution in [-0.2, 0) is 14.4 Å². The molecular weight excluding hydrogens is 486 g/mol. The molecule has 5 atom stereocenters. The number of nitrogens with one attached hydrogen (secondary N) is 2. The van der Waals surface area contributed by atoms with Crippen molar-refractivity contribution in [1.29, 1.82) is 0 Å². The van der Waals surface area contributed by atoms with Gasteiger partial charge in [0, 0.05) is 11.3 Å². The molecule has 0 aliphatic heterocycles. The number of hydrogen-bond acceptors (Lipinski definition) is 6. The number of aromatic nitrogens is 1. The predicted molar refractivity (Wildman–Crippen MR) is 147 cm³/mol. The average Bonchev–Trinajstić information content (AvgIpc) is 3.40. The first-order valence-corrected chi connectivity index (χ1v) is 13.8. The van der Waals surface area contributed by atoms with E-state index in [-0.39, 0.29) is 36.5 Å². The van der Waals surface area contributed by atoms with E-state index in [1.165, 1.54) is 0 Å². The van der Waals surface area contributed by atoms with Crippen molar-refractivity contribution in [2.24, 2.45) is 22.7 Å². The molecule has 0 saturated heterocycles. The molecule has 7 nitrogen and oxygen atoms in total. The monoisotopic (exact) mass is 527 g/mol. The zero-order chi connectivity index (χ0) is 27.7. The highest BCUT2D eigenvalue weighted by molar-refractivity contribution is 7.13. The van der Waals surface area contributed by atoms with Crippen molar-refractivity contribution in [3.8, 4) is 10.4 Å². The number of aliphatic hydroxyl groups is 1. The molecule has 3 rings (SSSR count). The molecule has 1 unspecified atom stereocenters. The van der Waals surface area contributed by atoms with E-state index >= 15 is 0 Å². The van der Waals surface area contributed by atoms with E-state index in [9.17, 15) is 19.5 Å². The van der Waals surface area contributed by atoms with Gasteiger partial charge in [-0.2, -0.15) is 0 Å². The number of rotatable bonds is 7. The number of Topliss-reactive ketones (excluding diaryl/α,β-unsaturated/α-hetero) is 1. The summed E-state index contributed by atoms with van der Waals surface area (Å²) < 4.78 is 0. The Morgan fingerprint density at radius 1 is 1.00 bits per heavy atom. The second kappa shape index (κ2) is 11.0. The quantitative estimate of drug-likeness (QED) is 0.478. The summed E-state index contributed by atoms with van der Waals surface area (Å²) in [5.74, 6) is -1.98. The molecule has 202 valence electrons. The van der Waals surface area contributed by atoms with Crippen LogP contribution in [0.15, 0.2) is 29.8 Å². The smallest absolute Gasteiger partial charge is 0.225 e. The summed E-state index contributed by atoms with van der Waals surface area (Å²) in [6.07, 6.45) is -0.296. The van der Waals surface area contributed by atoms with E-state index in [0.717, 1.165) is 21.7 Å². The molecule has 1 heterocycles. The summed E-state index contributed by atoms with van der Waals surface area (Å²) >= 11 is 1.59. The van der Waals surface area contributed by atoms with Crippen molar-refractivity contribution in [2.45, 2.75) is 86.4 Å². The number of hydrogen-bond donors (Lipinski definition) is 3. The Bertz CT molecular complexity index is 1130. The molecule has 1 aliphatic rings. The Morgan fingerprint density at radius 2 is 1.59 bits per heavy atom. The molecule has 0 bridgehead atoms. The van der Waals surface area contributed by atoms with Crippen molar-refractivity contribution in [3.05, 3.63) is 41.0 Å². The van der Waals surface area contributed by atoms with Crippen LogP contribution in [0.3, 0.4) is 0 Å². The Labute approximate surface area is 224 Å². The van der Waals surface area contributed by atoms with Gasteiger partial charge in [-0.1, -0.05) is 65.8 Å². The highest BCUT2D eigenvalue weighted by Gasteiger charge is 2.47. The minimum absolute atomic E-state index is 0.196. The van der Waals surface area contributed by atoms with Crippen molar-refractivity contribution in [2.75, 3.05) is 0 Å². The van der Waals surface area contributed by atoms with Crippen LogP contribution in [0.1, 0.15) is 78.6 Å². The van der Waals surface area contributed by atoms with E-state index < -0.39 is 34.8 Å². The number of nitrogens with zero attached hydrogens (tertiary/aromatic N) is 1. The van der Waals surface area contributed by atoms with Crippen LogP contribution < -0.4 is 10.6 Å². The van der Waals surface area contributed by atoms with Crippen molar-refractivity contribution in [3.63, 3.8) is 0 Å². The lowest BCUT2D eigenvalue weighted by molar-refractivity contribution is -0.139. The number of aryl methyl sites for hydroxylation is 1. The number of thiazole rings is 1. The van der Waals surface area contributed by atoms with Gasteiger partial charge in [0.2, 0.25) is 11.8 Å². The van der Waals surface area contributed by atoms with Gasteiger partial charge in [-0.3, -0.25) is 14.4 Å². The van der Waals surface area contributed by atoms with Crippen LogP contribution in [0.5, 0.6) is 0 Å². The average molecular weight is 528 g/mol. The summed E-state index contributed by atoms with van der Waals surface area (Å²) in [6.45, 7) is 15.0. The van der Waals surface area contributed by atoms with E-state index in [4.69, 9.17) is 0 Å². The lowest BCUT2D eigenvalue weighted by Crippen LogP contribution is -2.54. The fourth-order valence-corrected chi connectivity index (χ4v) is 5.61. The van der Waals surface area contributed by atoms with Gasteiger partial charge in [-0.25, -0.2) is 4.98 Å². The van der Waals surface area contributed by atoms with E-state index in [2.05, 4.69) is 15.6 Å². The first-order chi connectivity index (χ1) is 17.1. The van der Waals surface area contributed by atoms with E-state index in [0.29, 0.717) is 0 Å². The normalized spacial score (nSPS) is 21.8. The summed E-state index contributed by atoms with van der Waals surface area (Å²) in [6, 6.07) is 7.00. The van der Waals surface area contributed by atoms with E-state index in [1.807, 2.05) is 64.4 Å². The highest BCUT2D eigenvalue weighted by atomic mass is 32.1. The molecule has 0 radical (unpaired) electrons. The molecule has 1 aliphatic carbocycles. The maximum absolute atomic E-state index is 13.7. The molecule has 8 heteroatoms. The van der Waals surface area contributed by atoms with Crippen molar-refractivity contribution >= 4 is 28.9 Å². The van der Waals surface area contributed by atoms with Crippen LogP contribution in [0.4, 0.5) is 0 Å². The first kappa shape index (κ1) is 29.0. The minimum atomic E-state index is -0.759. The van der Waals surface area contributed by atoms with Crippen LogP contribution in [-0.4, -0.2) is 39.8 Å². The van der Waals surface area contributed by atoms with Crippen LogP contribution in [0.2, 0.25) is 0 Å². The lowest BCUT2D eigenvalue weighted by atomic mass is 9.76. The van der Waals surface area contributed by atoms with Gasteiger partial charge in [0.25, 0.3) is 0 Å². The maximum Gasteiger partial charge on any atom is 0.225 e. The molecular formula is C29H41N3O4S. The fraction of sp³-hybridized carbons (Fsp3) is 0.586. The third-order valence-corrected chi connectivity index (χ3v) is 8.10. The Balaban J connectivity index is 1.74. The van der Waals surface area contributed by atoms with Crippen LogP contribution in [0, 0.1) is 29.6 Å². The number of ketones is 1. The summed E-state index contributed by atoms with van der Waals surface area (Å²) in [5.41, 5.74) is 3.65. The minimum Gasteiger partial charge on any atom is -0.393 e. The Kier molecular flexibility index (Phi) is 8.64. The number of aliphatic hydroxyl groups excluding tert-OH is 1. The van der Waals surface area contributed by atoms with Crippen LogP contribution in [0.25, 0.3) is 10.4 Å². The van der Waals surface area contributed by atoms with Gasteiger partial charge in [-0.05, 0) is 43.2 Å². The second-order valence-electron chi connectivity index (χ2n) is 12.4. The third kappa shape index (κ3) is 6.85. The van der Waals surface area contributed by atoms with E-state index in [1.54, 1.807) is 32.1 Å². The molecule has 1 aromatic carbocycles. The number of carbonyl (C=O) groups excluding carboxylic acids is 3. The number of amides is 2.